The number of amides is 2. The highest BCUT2D eigenvalue weighted by molar-refractivity contribution is 9.10. The average Bonchev–Trinajstić information content (AvgIpc) is 3.04. The van der Waals surface area contributed by atoms with E-state index in [1.54, 1.807) is 18.2 Å². The molecule has 0 saturated carbocycles. The summed E-state index contributed by atoms with van der Waals surface area (Å²) in [7, 11) is -4.30. The van der Waals surface area contributed by atoms with Gasteiger partial charge in [-0.1, -0.05) is 113 Å². The predicted octanol–water partition coefficient (Wildman–Crippen LogP) is 7.82. The van der Waals surface area contributed by atoms with Crippen molar-refractivity contribution < 1.29 is 18.0 Å². The van der Waals surface area contributed by atoms with Crippen LogP contribution < -0.4 is 9.62 Å². The first kappa shape index (κ1) is 35.5. The van der Waals surface area contributed by atoms with Crippen LogP contribution in [0.3, 0.4) is 0 Å². The first-order chi connectivity index (χ1) is 22.0. The van der Waals surface area contributed by atoms with Gasteiger partial charge in [-0.15, -0.1) is 0 Å². The third-order valence-corrected chi connectivity index (χ3v) is 10.3. The summed E-state index contributed by atoms with van der Waals surface area (Å²) < 4.78 is 30.2. The lowest BCUT2D eigenvalue weighted by Crippen LogP contribution is -2.53. The van der Waals surface area contributed by atoms with Gasteiger partial charge in [-0.2, -0.15) is 0 Å². The van der Waals surface area contributed by atoms with E-state index in [1.165, 1.54) is 29.2 Å². The molecule has 0 aliphatic rings. The summed E-state index contributed by atoms with van der Waals surface area (Å²) in [5.41, 5.74) is 2.55. The predicted molar refractivity (Wildman–Crippen MR) is 189 cm³/mol. The molecule has 1 N–H and O–H groups in total. The van der Waals surface area contributed by atoms with Crippen LogP contribution in [0.15, 0.2) is 106 Å². The number of anilines is 1. The number of hydrogen-bond acceptors (Lipinski definition) is 4. The fraction of sp³-hybridized carbons (Fsp3) is 0.257. The largest absolute Gasteiger partial charge is 0.354 e. The number of aryl methyl sites for hydroxylation is 1. The molecular weight excluding hydrogens is 709 g/mol. The van der Waals surface area contributed by atoms with Crippen molar-refractivity contribution in [2.75, 3.05) is 17.4 Å². The van der Waals surface area contributed by atoms with Crippen molar-refractivity contribution >= 4 is 66.7 Å². The molecule has 0 spiro atoms. The molecule has 46 heavy (non-hydrogen) atoms. The lowest BCUT2D eigenvalue weighted by molar-refractivity contribution is -0.140. The normalized spacial score (nSPS) is 11.9. The second-order valence-corrected chi connectivity index (χ2v) is 14.5. The van der Waals surface area contributed by atoms with E-state index in [2.05, 4.69) is 21.2 Å². The Balaban J connectivity index is 1.81. The van der Waals surface area contributed by atoms with Crippen molar-refractivity contribution in [3.05, 3.63) is 128 Å². The maximum atomic E-state index is 14.5. The zero-order valence-corrected chi connectivity index (χ0v) is 29.5. The second-order valence-electron chi connectivity index (χ2n) is 10.9. The monoisotopic (exact) mass is 743 g/mol. The van der Waals surface area contributed by atoms with E-state index >= 15 is 0 Å². The van der Waals surface area contributed by atoms with Crippen LogP contribution in [-0.4, -0.2) is 44.3 Å². The van der Waals surface area contributed by atoms with Gasteiger partial charge in [-0.25, -0.2) is 8.42 Å². The highest BCUT2D eigenvalue weighted by Gasteiger charge is 2.35. The van der Waals surface area contributed by atoms with Gasteiger partial charge in [-0.3, -0.25) is 13.9 Å². The number of nitrogens with one attached hydrogen (secondary N) is 1. The van der Waals surface area contributed by atoms with Crippen LogP contribution in [0.2, 0.25) is 10.0 Å². The molecule has 2 amide bonds. The summed E-state index contributed by atoms with van der Waals surface area (Å²) >= 11 is 16.3. The molecule has 0 saturated heterocycles. The molecule has 4 rings (SSSR count). The number of benzene rings is 4. The summed E-state index contributed by atoms with van der Waals surface area (Å²) in [5, 5.41) is 3.34. The van der Waals surface area contributed by atoms with Gasteiger partial charge < -0.3 is 10.2 Å². The minimum absolute atomic E-state index is 0.0143. The molecule has 0 radical (unpaired) electrons. The molecule has 0 fully saturated rings. The van der Waals surface area contributed by atoms with Crippen molar-refractivity contribution in [2.45, 2.75) is 50.6 Å². The zero-order valence-electron chi connectivity index (χ0n) is 25.6. The first-order valence-corrected chi connectivity index (χ1v) is 17.9. The van der Waals surface area contributed by atoms with Crippen LogP contribution in [-0.2, 0) is 32.6 Å². The van der Waals surface area contributed by atoms with Crippen LogP contribution in [0.4, 0.5) is 5.69 Å². The third kappa shape index (κ3) is 9.35. The zero-order chi connectivity index (χ0) is 33.3. The number of unbranched alkanes of at least 4 members (excludes halogenated alkanes) is 1. The quantitative estimate of drug-likeness (QED) is 0.134. The van der Waals surface area contributed by atoms with Crippen molar-refractivity contribution in [3.8, 4) is 0 Å². The van der Waals surface area contributed by atoms with Crippen molar-refractivity contribution in [3.63, 3.8) is 0 Å². The van der Waals surface area contributed by atoms with E-state index in [0.717, 1.165) is 38.3 Å². The molecule has 0 aliphatic carbocycles. The Hall–Kier alpha value is -3.37. The lowest BCUT2D eigenvalue weighted by atomic mass is 10.0. The summed E-state index contributed by atoms with van der Waals surface area (Å²) in [6.45, 7) is 3.77. The SMILES string of the molecule is CCCCNC(=O)C(Cc1ccccc1)N(Cc1ccc(Br)cc1)C(=O)CN(c1cc(Cl)ccc1Cl)S(=O)(=O)c1ccc(C)cc1. The molecule has 0 heterocycles. The number of carbonyl (C=O) groups is 2. The van der Waals surface area contributed by atoms with Crippen LogP contribution >= 0.6 is 39.1 Å². The Bertz CT molecular complexity index is 1740. The maximum absolute atomic E-state index is 14.5. The molecule has 242 valence electrons. The van der Waals surface area contributed by atoms with Gasteiger partial charge in [-0.05, 0) is 66.9 Å². The maximum Gasteiger partial charge on any atom is 0.264 e. The Morgan fingerprint density at radius 1 is 0.891 bits per heavy atom. The Morgan fingerprint density at radius 2 is 1.57 bits per heavy atom. The highest BCUT2D eigenvalue weighted by Crippen LogP contribution is 2.33. The number of hydrogen-bond donors (Lipinski definition) is 1. The molecule has 0 aliphatic heterocycles. The van der Waals surface area contributed by atoms with E-state index in [1.807, 2.05) is 68.4 Å². The standard InChI is InChI=1S/C35H36BrCl2N3O4S/c1-3-4-20-39-35(43)33(21-26-8-6-5-7-9-26)40(23-27-12-14-28(36)15-13-27)34(42)24-41(32-22-29(37)16-19-31(32)38)46(44,45)30-17-10-25(2)11-18-30/h5-19,22,33H,3-4,20-21,23-24H2,1-2H3,(H,39,43). The van der Waals surface area contributed by atoms with Gasteiger partial charge in [0.25, 0.3) is 10.0 Å². The topological polar surface area (TPSA) is 86.8 Å². The van der Waals surface area contributed by atoms with Gasteiger partial charge in [0.1, 0.15) is 12.6 Å². The minimum Gasteiger partial charge on any atom is -0.354 e. The van der Waals surface area contributed by atoms with E-state index in [0.29, 0.717) is 6.54 Å². The number of sulfonamides is 1. The van der Waals surface area contributed by atoms with Crippen molar-refractivity contribution in [1.29, 1.82) is 0 Å². The molecular formula is C35H36BrCl2N3O4S. The summed E-state index contributed by atoms with van der Waals surface area (Å²) in [4.78, 5) is 29.8. The Morgan fingerprint density at radius 3 is 2.22 bits per heavy atom. The van der Waals surface area contributed by atoms with E-state index in [9.17, 15) is 18.0 Å². The molecule has 4 aromatic rings. The molecule has 7 nitrogen and oxygen atoms in total. The lowest BCUT2D eigenvalue weighted by Gasteiger charge is -2.34. The third-order valence-electron chi connectivity index (χ3n) is 7.43. The summed E-state index contributed by atoms with van der Waals surface area (Å²) in [6.07, 6.45) is 1.89. The molecule has 0 bridgehead atoms. The van der Waals surface area contributed by atoms with Crippen LogP contribution in [0.25, 0.3) is 0 Å². The first-order valence-electron chi connectivity index (χ1n) is 14.9. The number of carbonyl (C=O) groups excluding carboxylic acids is 2. The molecule has 0 aromatic heterocycles. The number of halogens is 3. The molecule has 11 heteroatoms. The van der Waals surface area contributed by atoms with Crippen LogP contribution in [0.1, 0.15) is 36.5 Å². The van der Waals surface area contributed by atoms with E-state index < -0.39 is 28.5 Å². The number of rotatable bonds is 14. The van der Waals surface area contributed by atoms with Gasteiger partial charge in [0.05, 0.1) is 15.6 Å². The fourth-order valence-electron chi connectivity index (χ4n) is 4.87. The number of nitrogens with zero attached hydrogens (tertiary/aromatic N) is 2. The molecule has 1 atom stereocenters. The van der Waals surface area contributed by atoms with Crippen molar-refractivity contribution in [1.82, 2.24) is 10.2 Å². The molecule has 4 aromatic carbocycles. The smallest absolute Gasteiger partial charge is 0.264 e. The van der Waals surface area contributed by atoms with Crippen LogP contribution in [0, 0.1) is 6.92 Å². The van der Waals surface area contributed by atoms with Gasteiger partial charge in [0.2, 0.25) is 11.8 Å². The Labute approximate surface area is 289 Å². The highest BCUT2D eigenvalue weighted by atomic mass is 79.9. The van der Waals surface area contributed by atoms with Crippen molar-refractivity contribution in [2.24, 2.45) is 0 Å². The van der Waals surface area contributed by atoms with Gasteiger partial charge in [0, 0.05) is 29.0 Å². The van der Waals surface area contributed by atoms with Crippen LogP contribution in [0.5, 0.6) is 0 Å². The van der Waals surface area contributed by atoms with Gasteiger partial charge >= 0.3 is 0 Å². The average molecular weight is 746 g/mol. The second kappa shape index (κ2) is 16.5. The summed E-state index contributed by atoms with van der Waals surface area (Å²) in [6, 6.07) is 26.7. The van der Waals surface area contributed by atoms with E-state index in [4.69, 9.17) is 23.2 Å². The minimum atomic E-state index is -4.30. The fourth-order valence-corrected chi connectivity index (χ4v) is 7.00. The Kier molecular flexibility index (Phi) is 12.7. The van der Waals surface area contributed by atoms with Gasteiger partial charge in [0.15, 0.2) is 0 Å². The summed E-state index contributed by atoms with van der Waals surface area (Å²) in [5.74, 6) is -0.905. The van der Waals surface area contributed by atoms with E-state index in [-0.39, 0.29) is 39.5 Å². The molecule has 1 unspecified atom stereocenters.